The summed E-state index contributed by atoms with van der Waals surface area (Å²) in [5.41, 5.74) is 2.05. The lowest BCUT2D eigenvalue weighted by Gasteiger charge is -2.09. The van der Waals surface area contributed by atoms with Gasteiger partial charge in [0.15, 0.2) is 0 Å². The first-order valence-electron chi connectivity index (χ1n) is 10.9. The third kappa shape index (κ3) is 6.77. The minimum atomic E-state index is -0.389. The fourth-order valence-corrected chi connectivity index (χ4v) is 3.23. The lowest BCUT2D eigenvalue weighted by molar-refractivity contribution is -0.121. The molecule has 0 bridgehead atoms. The summed E-state index contributed by atoms with van der Waals surface area (Å²) >= 11 is 0. The molecule has 0 fully saturated rings. The van der Waals surface area contributed by atoms with Crippen LogP contribution in [0.4, 0.5) is 10.2 Å². The van der Waals surface area contributed by atoms with Gasteiger partial charge in [0.1, 0.15) is 11.6 Å². The van der Waals surface area contributed by atoms with Crippen molar-refractivity contribution in [1.82, 2.24) is 15.1 Å². The Hall–Kier alpha value is -3.48. The number of hydrogen-bond donors (Lipinski definition) is 2. The Morgan fingerprint density at radius 2 is 1.75 bits per heavy atom. The van der Waals surface area contributed by atoms with E-state index in [0.717, 1.165) is 12.0 Å². The van der Waals surface area contributed by atoms with E-state index in [-0.39, 0.29) is 24.1 Å². The fraction of sp³-hybridized carbons (Fsp3) is 0.320. The highest BCUT2D eigenvalue weighted by Crippen LogP contribution is 2.25. The molecule has 0 saturated heterocycles. The molecule has 0 aliphatic heterocycles. The second-order valence-corrected chi connectivity index (χ2v) is 8.11. The molecule has 2 aromatic carbocycles. The fourth-order valence-electron chi connectivity index (χ4n) is 3.23. The number of hydrogen-bond acceptors (Lipinski definition) is 3. The molecular formula is C25H29FN4O2. The van der Waals surface area contributed by atoms with Crippen molar-refractivity contribution in [2.45, 2.75) is 39.5 Å². The molecule has 2 N–H and O–H groups in total. The van der Waals surface area contributed by atoms with Gasteiger partial charge in [0, 0.05) is 31.0 Å². The predicted molar refractivity (Wildman–Crippen MR) is 124 cm³/mol. The first-order valence-corrected chi connectivity index (χ1v) is 10.9. The molecule has 3 aromatic rings. The summed E-state index contributed by atoms with van der Waals surface area (Å²) in [7, 11) is 0. The Morgan fingerprint density at radius 1 is 1.00 bits per heavy atom. The largest absolute Gasteiger partial charge is 0.356 e. The van der Waals surface area contributed by atoms with Crippen molar-refractivity contribution in [3.8, 4) is 16.9 Å². The lowest BCUT2D eigenvalue weighted by atomic mass is 10.1. The van der Waals surface area contributed by atoms with Gasteiger partial charge in [-0.3, -0.25) is 9.59 Å². The maximum atomic E-state index is 13.8. The first-order chi connectivity index (χ1) is 15.4. The van der Waals surface area contributed by atoms with Gasteiger partial charge in [-0.25, -0.2) is 9.07 Å². The molecule has 1 heterocycles. The van der Waals surface area contributed by atoms with E-state index in [2.05, 4.69) is 29.6 Å². The quantitative estimate of drug-likeness (QED) is 0.472. The third-order valence-corrected chi connectivity index (χ3v) is 4.95. The highest BCUT2D eigenvalue weighted by molar-refractivity contribution is 5.91. The van der Waals surface area contributed by atoms with Crippen LogP contribution in [0.1, 0.15) is 39.5 Å². The first kappa shape index (κ1) is 23.2. The molecule has 0 aliphatic rings. The molecule has 2 amide bonds. The minimum Gasteiger partial charge on any atom is -0.356 e. The van der Waals surface area contributed by atoms with Crippen LogP contribution in [0.5, 0.6) is 0 Å². The van der Waals surface area contributed by atoms with Crippen LogP contribution in [0.3, 0.4) is 0 Å². The molecule has 0 unspecified atom stereocenters. The van der Waals surface area contributed by atoms with Crippen LogP contribution in [0.2, 0.25) is 0 Å². The standard InChI is InChI=1S/C25H29FN4O2/c1-18(2)14-15-27-24(31)12-7-13-25(32)28-23-17-22(19-8-4-3-5-9-19)29-30(23)21-11-6-10-20(26)16-21/h3-6,8-11,16-18H,7,12-15H2,1-2H3,(H,27,31)(H,28,32). The zero-order chi connectivity index (χ0) is 22.9. The van der Waals surface area contributed by atoms with Gasteiger partial charge < -0.3 is 10.6 Å². The Morgan fingerprint density at radius 3 is 2.47 bits per heavy atom. The predicted octanol–water partition coefficient (Wildman–Crippen LogP) is 4.95. The SMILES string of the molecule is CC(C)CCNC(=O)CCCC(=O)Nc1cc(-c2ccccc2)nn1-c1cccc(F)c1. The molecule has 0 aliphatic carbocycles. The van der Waals surface area contributed by atoms with Crippen LogP contribution in [0, 0.1) is 11.7 Å². The normalized spacial score (nSPS) is 10.9. The second kappa shape index (κ2) is 11.2. The van der Waals surface area contributed by atoms with Gasteiger partial charge in [-0.15, -0.1) is 0 Å². The van der Waals surface area contributed by atoms with Crippen LogP contribution in [0.25, 0.3) is 16.9 Å². The molecule has 6 nitrogen and oxygen atoms in total. The van der Waals surface area contributed by atoms with E-state index >= 15 is 0 Å². The topological polar surface area (TPSA) is 76.0 Å². The number of benzene rings is 2. The summed E-state index contributed by atoms with van der Waals surface area (Å²) in [6, 6.07) is 17.4. The number of carbonyl (C=O) groups excluding carboxylic acids is 2. The highest BCUT2D eigenvalue weighted by atomic mass is 19.1. The molecule has 32 heavy (non-hydrogen) atoms. The van der Waals surface area contributed by atoms with E-state index in [1.807, 2.05) is 30.3 Å². The number of halogens is 1. The van der Waals surface area contributed by atoms with Crippen LogP contribution < -0.4 is 10.6 Å². The van der Waals surface area contributed by atoms with Crippen molar-refractivity contribution in [3.63, 3.8) is 0 Å². The summed E-state index contributed by atoms with van der Waals surface area (Å²) in [4.78, 5) is 24.4. The van der Waals surface area contributed by atoms with E-state index < -0.39 is 0 Å². The molecule has 168 valence electrons. The lowest BCUT2D eigenvalue weighted by Crippen LogP contribution is -2.25. The molecular weight excluding hydrogens is 407 g/mol. The average Bonchev–Trinajstić information content (AvgIpc) is 3.18. The molecule has 7 heteroatoms. The summed E-state index contributed by atoms with van der Waals surface area (Å²) in [6.45, 7) is 4.86. The zero-order valence-electron chi connectivity index (χ0n) is 18.5. The summed E-state index contributed by atoms with van der Waals surface area (Å²) in [5.74, 6) is 0.317. The van der Waals surface area contributed by atoms with E-state index in [9.17, 15) is 14.0 Å². The second-order valence-electron chi connectivity index (χ2n) is 8.11. The van der Waals surface area contributed by atoms with E-state index in [1.54, 1.807) is 18.2 Å². The smallest absolute Gasteiger partial charge is 0.225 e. The van der Waals surface area contributed by atoms with Crippen molar-refractivity contribution in [3.05, 3.63) is 66.5 Å². The molecule has 3 rings (SSSR count). The Balaban J connectivity index is 1.66. The Labute approximate surface area is 187 Å². The summed E-state index contributed by atoms with van der Waals surface area (Å²) in [6.07, 6.45) is 1.87. The average molecular weight is 437 g/mol. The minimum absolute atomic E-state index is 0.0467. The molecule has 1 aromatic heterocycles. The monoisotopic (exact) mass is 436 g/mol. The Bertz CT molecular complexity index is 1050. The van der Waals surface area contributed by atoms with Gasteiger partial charge >= 0.3 is 0 Å². The Kier molecular flexibility index (Phi) is 8.14. The molecule has 0 atom stereocenters. The van der Waals surface area contributed by atoms with Crippen molar-refractivity contribution in [1.29, 1.82) is 0 Å². The number of amides is 2. The maximum absolute atomic E-state index is 13.8. The van der Waals surface area contributed by atoms with Crippen LogP contribution in [-0.2, 0) is 9.59 Å². The zero-order valence-corrected chi connectivity index (χ0v) is 18.5. The number of rotatable bonds is 10. The molecule has 0 saturated carbocycles. The van der Waals surface area contributed by atoms with Crippen LogP contribution in [0.15, 0.2) is 60.7 Å². The van der Waals surface area contributed by atoms with Gasteiger partial charge in [-0.2, -0.15) is 5.10 Å². The molecule has 0 radical (unpaired) electrons. The molecule has 0 spiro atoms. The van der Waals surface area contributed by atoms with Crippen molar-refractivity contribution >= 4 is 17.6 Å². The number of anilines is 1. The van der Waals surface area contributed by atoms with Crippen molar-refractivity contribution in [2.24, 2.45) is 5.92 Å². The van der Waals surface area contributed by atoms with Gasteiger partial charge in [0.25, 0.3) is 0 Å². The number of aromatic nitrogens is 2. The maximum Gasteiger partial charge on any atom is 0.225 e. The number of nitrogens with one attached hydrogen (secondary N) is 2. The van der Waals surface area contributed by atoms with Gasteiger partial charge in [0.2, 0.25) is 11.8 Å². The van der Waals surface area contributed by atoms with Crippen molar-refractivity contribution < 1.29 is 14.0 Å². The van der Waals surface area contributed by atoms with Crippen LogP contribution in [-0.4, -0.2) is 28.1 Å². The summed E-state index contributed by atoms with van der Waals surface area (Å²) < 4.78 is 15.3. The number of carbonyl (C=O) groups is 2. The summed E-state index contributed by atoms with van der Waals surface area (Å²) in [5, 5.41) is 10.3. The van der Waals surface area contributed by atoms with Gasteiger partial charge in [0.05, 0.1) is 11.4 Å². The third-order valence-electron chi connectivity index (χ3n) is 4.95. The van der Waals surface area contributed by atoms with Gasteiger partial charge in [-0.05, 0) is 37.0 Å². The van der Waals surface area contributed by atoms with Gasteiger partial charge in [-0.1, -0.05) is 50.2 Å². The van der Waals surface area contributed by atoms with Crippen LogP contribution >= 0.6 is 0 Å². The highest BCUT2D eigenvalue weighted by Gasteiger charge is 2.14. The van der Waals surface area contributed by atoms with Crippen molar-refractivity contribution in [2.75, 3.05) is 11.9 Å². The van der Waals surface area contributed by atoms with E-state index in [4.69, 9.17) is 0 Å². The number of nitrogens with zero attached hydrogens (tertiary/aromatic N) is 2. The van der Waals surface area contributed by atoms with E-state index in [0.29, 0.717) is 42.5 Å². The van der Waals surface area contributed by atoms with E-state index in [1.165, 1.54) is 16.8 Å².